The topological polar surface area (TPSA) is 43.4 Å². The molecular formula is C14H18N2O2S. The molecule has 2 rings (SSSR count). The van der Waals surface area contributed by atoms with E-state index in [0.717, 1.165) is 28.7 Å². The van der Waals surface area contributed by atoms with Gasteiger partial charge in [0.25, 0.3) is 0 Å². The zero-order valence-corrected chi connectivity index (χ0v) is 12.0. The molecule has 1 N–H and O–H groups in total. The first-order valence-electron chi connectivity index (χ1n) is 6.25. The van der Waals surface area contributed by atoms with Gasteiger partial charge in [0.1, 0.15) is 23.1 Å². The van der Waals surface area contributed by atoms with E-state index in [4.69, 9.17) is 9.47 Å². The molecule has 0 amide bonds. The monoisotopic (exact) mass is 278 g/mol. The molecule has 19 heavy (non-hydrogen) atoms. The van der Waals surface area contributed by atoms with Crippen LogP contribution in [0.3, 0.4) is 0 Å². The van der Waals surface area contributed by atoms with Crippen molar-refractivity contribution in [2.24, 2.45) is 0 Å². The molecule has 0 unspecified atom stereocenters. The minimum Gasteiger partial charge on any atom is -0.494 e. The number of aromatic nitrogens is 1. The average molecular weight is 278 g/mol. The number of nitrogens with zero attached hydrogens (tertiary/aromatic N) is 1. The zero-order valence-electron chi connectivity index (χ0n) is 11.2. The van der Waals surface area contributed by atoms with E-state index in [9.17, 15) is 0 Å². The van der Waals surface area contributed by atoms with Gasteiger partial charge in [-0.1, -0.05) is 6.07 Å². The molecule has 2 aromatic rings. The number of nitrogens with one attached hydrogen (secondary N) is 1. The van der Waals surface area contributed by atoms with Crippen molar-refractivity contribution >= 4 is 11.3 Å². The maximum Gasteiger partial charge on any atom is 0.131 e. The Labute approximate surface area is 117 Å². The fourth-order valence-corrected chi connectivity index (χ4v) is 2.42. The summed E-state index contributed by atoms with van der Waals surface area (Å²) < 4.78 is 11.1. The van der Waals surface area contributed by atoms with Crippen LogP contribution in [-0.2, 0) is 13.2 Å². The second-order valence-electron chi connectivity index (χ2n) is 3.96. The Kier molecular flexibility index (Phi) is 5.18. The fraction of sp³-hybridized carbons (Fsp3) is 0.357. The Bertz CT molecular complexity index is 514. The van der Waals surface area contributed by atoms with Crippen LogP contribution in [0, 0.1) is 0 Å². The molecule has 0 aliphatic carbocycles. The highest BCUT2D eigenvalue weighted by molar-refractivity contribution is 7.09. The van der Waals surface area contributed by atoms with Gasteiger partial charge in [0.15, 0.2) is 0 Å². The molecule has 0 radical (unpaired) electrons. The average Bonchev–Trinajstić information content (AvgIpc) is 2.86. The van der Waals surface area contributed by atoms with E-state index in [1.54, 1.807) is 11.3 Å². The number of hydrogen-bond acceptors (Lipinski definition) is 5. The lowest BCUT2D eigenvalue weighted by Crippen LogP contribution is -2.05. The SMILES string of the molecule is CCOc1cccc(OCc2csc(CNC)n2)c1. The van der Waals surface area contributed by atoms with E-state index in [2.05, 4.69) is 10.3 Å². The Morgan fingerprint density at radius 2 is 2.05 bits per heavy atom. The molecule has 1 aromatic carbocycles. The second kappa shape index (κ2) is 7.11. The summed E-state index contributed by atoms with van der Waals surface area (Å²) in [4.78, 5) is 4.47. The van der Waals surface area contributed by atoms with Crippen LogP contribution in [-0.4, -0.2) is 18.6 Å². The summed E-state index contributed by atoms with van der Waals surface area (Å²) in [5.41, 5.74) is 0.956. The van der Waals surface area contributed by atoms with Crippen molar-refractivity contribution in [2.45, 2.75) is 20.1 Å². The minimum atomic E-state index is 0.482. The molecule has 5 heteroatoms. The van der Waals surface area contributed by atoms with Crippen LogP contribution in [0.1, 0.15) is 17.6 Å². The third kappa shape index (κ3) is 4.22. The van der Waals surface area contributed by atoms with Gasteiger partial charge in [0, 0.05) is 18.0 Å². The number of hydrogen-bond donors (Lipinski definition) is 1. The van der Waals surface area contributed by atoms with Crippen LogP contribution < -0.4 is 14.8 Å². The van der Waals surface area contributed by atoms with Crippen molar-refractivity contribution in [3.8, 4) is 11.5 Å². The highest BCUT2D eigenvalue weighted by Gasteiger charge is 2.03. The summed E-state index contributed by atoms with van der Waals surface area (Å²) in [6.07, 6.45) is 0. The third-order valence-electron chi connectivity index (χ3n) is 2.43. The van der Waals surface area contributed by atoms with E-state index < -0.39 is 0 Å². The van der Waals surface area contributed by atoms with Gasteiger partial charge in [-0.3, -0.25) is 0 Å². The van der Waals surface area contributed by atoms with E-state index >= 15 is 0 Å². The third-order valence-corrected chi connectivity index (χ3v) is 3.33. The molecule has 0 saturated carbocycles. The van der Waals surface area contributed by atoms with Crippen molar-refractivity contribution in [1.82, 2.24) is 10.3 Å². The van der Waals surface area contributed by atoms with E-state index in [1.165, 1.54) is 0 Å². The molecule has 0 fully saturated rings. The van der Waals surface area contributed by atoms with Crippen molar-refractivity contribution in [3.63, 3.8) is 0 Å². The molecule has 0 atom stereocenters. The van der Waals surface area contributed by atoms with Crippen LogP contribution in [0.4, 0.5) is 0 Å². The highest BCUT2D eigenvalue weighted by Crippen LogP contribution is 2.20. The molecule has 102 valence electrons. The minimum absolute atomic E-state index is 0.482. The number of thiazole rings is 1. The Hall–Kier alpha value is -1.59. The van der Waals surface area contributed by atoms with Gasteiger partial charge in [0.2, 0.25) is 0 Å². The summed E-state index contributed by atoms with van der Waals surface area (Å²) in [5, 5.41) is 6.18. The lowest BCUT2D eigenvalue weighted by molar-refractivity contribution is 0.296. The fourth-order valence-electron chi connectivity index (χ4n) is 1.63. The maximum atomic E-state index is 5.71. The van der Waals surface area contributed by atoms with Gasteiger partial charge in [-0.15, -0.1) is 11.3 Å². The van der Waals surface area contributed by atoms with Gasteiger partial charge >= 0.3 is 0 Å². The van der Waals surface area contributed by atoms with Crippen molar-refractivity contribution in [2.75, 3.05) is 13.7 Å². The molecule has 0 aliphatic heterocycles. The van der Waals surface area contributed by atoms with Crippen molar-refractivity contribution < 1.29 is 9.47 Å². The van der Waals surface area contributed by atoms with Crippen LogP contribution >= 0.6 is 11.3 Å². The van der Waals surface area contributed by atoms with Crippen LogP contribution in [0.25, 0.3) is 0 Å². The molecular weight excluding hydrogens is 260 g/mol. The number of benzene rings is 1. The lowest BCUT2D eigenvalue weighted by atomic mass is 10.3. The normalized spacial score (nSPS) is 10.4. The van der Waals surface area contributed by atoms with Crippen LogP contribution in [0.5, 0.6) is 11.5 Å². The van der Waals surface area contributed by atoms with Crippen LogP contribution in [0.2, 0.25) is 0 Å². The summed E-state index contributed by atoms with van der Waals surface area (Å²) in [6, 6.07) is 7.66. The molecule has 0 aliphatic rings. The zero-order chi connectivity index (χ0) is 13.5. The summed E-state index contributed by atoms with van der Waals surface area (Å²) in [5.74, 6) is 1.63. The highest BCUT2D eigenvalue weighted by atomic mass is 32.1. The molecule has 4 nitrogen and oxygen atoms in total. The lowest BCUT2D eigenvalue weighted by Gasteiger charge is -2.07. The smallest absolute Gasteiger partial charge is 0.131 e. The molecule has 1 heterocycles. The summed E-state index contributed by atoms with van der Waals surface area (Å²) >= 11 is 1.64. The van der Waals surface area contributed by atoms with Gasteiger partial charge < -0.3 is 14.8 Å². The Morgan fingerprint density at radius 1 is 1.26 bits per heavy atom. The first-order chi connectivity index (χ1) is 9.31. The molecule has 0 spiro atoms. The van der Waals surface area contributed by atoms with Gasteiger partial charge in [-0.05, 0) is 26.1 Å². The summed E-state index contributed by atoms with van der Waals surface area (Å²) in [6.45, 7) is 3.90. The van der Waals surface area contributed by atoms with Crippen molar-refractivity contribution in [1.29, 1.82) is 0 Å². The predicted octanol–water partition coefficient (Wildman–Crippen LogP) is 2.84. The van der Waals surface area contributed by atoms with Gasteiger partial charge in [-0.2, -0.15) is 0 Å². The molecule has 0 saturated heterocycles. The molecule has 1 aromatic heterocycles. The standard InChI is InChI=1S/C14H18N2O2S/c1-3-17-12-5-4-6-13(7-12)18-9-11-10-19-14(16-11)8-15-2/h4-7,10,15H,3,8-9H2,1-2H3. The summed E-state index contributed by atoms with van der Waals surface area (Å²) in [7, 11) is 1.91. The van der Waals surface area contributed by atoms with E-state index in [0.29, 0.717) is 13.2 Å². The van der Waals surface area contributed by atoms with Crippen molar-refractivity contribution in [3.05, 3.63) is 40.3 Å². The van der Waals surface area contributed by atoms with E-state index in [1.807, 2.05) is 43.6 Å². The second-order valence-corrected chi connectivity index (χ2v) is 4.90. The predicted molar refractivity (Wildman–Crippen MR) is 76.8 cm³/mol. The first-order valence-corrected chi connectivity index (χ1v) is 7.13. The van der Waals surface area contributed by atoms with Gasteiger partial charge in [0.05, 0.1) is 12.3 Å². The Morgan fingerprint density at radius 3 is 2.79 bits per heavy atom. The Balaban J connectivity index is 1.91. The van der Waals surface area contributed by atoms with Crippen LogP contribution in [0.15, 0.2) is 29.6 Å². The molecule has 0 bridgehead atoms. The largest absolute Gasteiger partial charge is 0.494 e. The van der Waals surface area contributed by atoms with E-state index in [-0.39, 0.29) is 0 Å². The first kappa shape index (κ1) is 13.8. The quantitative estimate of drug-likeness (QED) is 0.846. The van der Waals surface area contributed by atoms with Gasteiger partial charge in [-0.25, -0.2) is 4.98 Å². The number of ether oxygens (including phenoxy) is 2. The number of rotatable bonds is 7. The maximum absolute atomic E-state index is 5.71.